The molecule has 1 N–H and O–H groups in total. The van der Waals surface area contributed by atoms with Gasteiger partial charge in [-0.15, -0.1) is 0 Å². The molecule has 3 aromatic rings. The lowest BCUT2D eigenvalue weighted by Gasteiger charge is -2.37. The van der Waals surface area contributed by atoms with Crippen molar-refractivity contribution in [2.75, 3.05) is 0 Å². The van der Waals surface area contributed by atoms with E-state index in [0.717, 1.165) is 44.7 Å². The van der Waals surface area contributed by atoms with Gasteiger partial charge in [0, 0.05) is 0 Å². The molecule has 4 nitrogen and oxygen atoms in total. The first-order valence-electron chi connectivity index (χ1n) is 15.7. The van der Waals surface area contributed by atoms with Crippen molar-refractivity contribution in [2.45, 2.75) is 124 Å². The molecule has 1 atom stereocenters. The first-order chi connectivity index (χ1) is 20.2. The van der Waals surface area contributed by atoms with E-state index in [0.29, 0.717) is 26.1 Å². The molecule has 3 rings (SSSR count). The van der Waals surface area contributed by atoms with Crippen LogP contribution in [0.3, 0.4) is 0 Å². The highest BCUT2D eigenvalue weighted by Gasteiger charge is 2.34. The highest BCUT2D eigenvalue weighted by Crippen LogP contribution is 2.39. The molecule has 1 unspecified atom stereocenters. The van der Waals surface area contributed by atoms with Crippen molar-refractivity contribution in [1.82, 2.24) is 0 Å². The van der Waals surface area contributed by atoms with Gasteiger partial charge in [0.2, 0.25) is 19.5 Å². The molecule has 0 fully saturated rings. The number of ether oxygens (including phenoxy) is 1. The Kier molecular flexibility index (Phi) is 11.6. The smallest absolute Gasteiger partial charge is 0.236 e. The van der Waals surface area contributed by atoms with E-state index in [-0.39, 0.29) is 16.0 Å². The maximum Gasteiger partial charge on any atom is 0.236 e. The van der Waals surface area contributed by atoms with Gasteiger partial charge in [-0.25, -0.2) is 0 Å². The molecule has 0 aromatic heterocycles. The Labute approximate surface area is 272 Å². The van der Waals surface area contributed by atoms with Crippen LogP contribution in [0, 0.1) is 12.8 Å². The first kappa shape index (κ1) is 36.2. The minimum Gasteiger partial charge on any atom is -0.489 e. The van der Waals surface area contributed by atoms with Crippen LogP contribution in [0.2, 0.25) is 10.1 Å². The highest BCUT2D eigenvalue weighted by atomic mass is 28.2. The molecule has 4 radical (unpaired) electrons. The fraction of sp³-hybridized carbons (Fsp3) is 0.526. The summed E-state index contributed by atoms with van der Waals surface area (Å²) in [5.74, 6) is 0.989. The molecular weight excluding hydrogens is 577 g/mol. The topological polar surface area (TPSA) is 47.9 Å². The number of aliphatic hydroxyl groups excluding tert-OH is 1. The molecule has 0 saturated carbocycles. The summed E-state index contributed by atoms with van der Waals surface area (Å²) < 4.78 is 19.5. The van der Waals surface area contributed by atoms with Crippen LogP contribution in [0.1, 0.15) is 117 Å². The molecule has 6 heteroatoms. The van der Waals surface area contributed by atoms with Crippen molar-refractivity contribution >= 4 is 19.5 Å². The number of aliphatic hydroxyl groups is 1. The summed E-state index contributed by atoms with van der Waals surface area (Å²) in [5, 5.41) is 10.7. The molecule has 0 aliphatic rings. The molecule has 44 heavy (non-hydrogen) atoms. The van der Waals surface area contributed by atoms with Crippen LogP contribution in [-0.2, 0) is 26.7 Å². The van der Waals surface area contributed by atoms with Gasteiger partial charge in [-0.05, 0) is 108 Å². The average Bonchev–Trinajstić information content (AvgIpc) is 2.93. The van der Waals surface area contributed by atoms with Crippen molar-refractivity contribution in [3.63, 3.8) is 0 Å². The third-order valence-electron chi connectivity index (χ3n) is 7.38. The van der Waals surface area contributed by atoms with Gasteiger partial charge in [-0.2, -0.15) is 0 Å². The standard InChI is InChI=1S/C38H54O4Si2/c1-25(2)34(39)29-18-19-31(26(3)21-29)28-15-14-16-30(23-28)40-24-27-17-20-32(37(10,11)41-43-35(4,5)6)33(22-27)38(12,13)42-44-36(7,8)9/h14-23,25,34,39H,24H2,1-13H3. The van der Waals surface area contributed by atoms with Crippen LogP contribution < -0.4 is 4.74 Å². The van der Waals surface area contributed by atoms with Gasteiger partial charge in [0.25, 0.3) is 0 Å². The maximum absolute atomic E-state index is 10.5. The second-order valence-corrected chi connectivity index (χ2v) is 19.2. The monoisotopic (exact) mass is 630 g/mol. The lowest BCUT2D eigenvalue weighted by molar-refractivity contribution is 0.0828. The van der Waals surface area contributed by atoms with Gasteiger partial charge in [0.1, 0.15) is 12.4 Å². The van der Waals surface area contributed by atoms with Crippen LogP contribution in [0.15, 0.2) is 60.7 Å². The van der Waals surface area contributed by atoms with E-state index in [1.54, 1.807) is 0 Å². The lowest BCUT2D eigenvalue weighted by atomic mass is 9.84. The van der Waals surface area contributed by atoms with E-state index >= 15 is 0 Å². The Morgan fingerprint density at radius 3 is 1.84 bits per heavy atom. The Morgan fingerprint density at radius 1 is 0.705 bits per heavy atom. The third-order valence-corrected chi connectivity index (χ3v) is 9.83. The van der Waals surface area contributed by atoms with E-state index < -0.39 is 17.3 Å². The number of benzene rings is 3. The Balaban J connectivity index is 1.89. The molecule has 3 aromatic carbocycles. The Hall–Kier alpha value is -2.23. The molecule has 0 heterocycles. The predicted octanol–water partition coefficient (Wildman–Crippen LogP) is 10.1. The number of hydrogen-bond donors (Lipinski definition) is 1. The number of aryl methyl sites for hydroxylation is 1. The minimum atomic E-state index is -0.505. The minimum absolute atomic E-state index is 0.0791. The second kappa shape index (κ2) is 14.0. The second-order valence-electron chi connectivity index (χ2n) is 15.4. The fourth-order valence-corrected chi connectivity index (χ4v) is 6.22. The van der Waals surface area contributed by atoms with Gasteiger partial charge in [-0.1, -0.05) is 97.9 Å². The SMILES string of the molecule is Cc1cc(C(O)C(C)C)ccc1-c1cccc(OCc2ccc(C(C)(C)O[Si]C(C)(C)C)c(C(C)(C)O[Si]C(C)(C)C)c2)c1. The van der Waals surface area contributed by atoms with E-state index in [9.17, 15) is 5.11 Å². The summed E-state index contributed by atoms with van der Waals surface area (Å²) in [7, 11) is 0.735. The highest BCUT2D eigenvalue weighted by molar-refractivity contribution is 6.32. The summed E-state index contributed by atoms with van der Waals surface area (Å²) in [5.41, 5.74) is 6.70. The molecule has 0 spiro atoms. The molecule has 0 aliphatic heterocycles. The van der Waals surface area contributed by atoms with E-state index in [1.165, 1.54) is 0 Å². The average molecular weight is 631 g/mol. The molecular formula is C38H54O4Si2. The van der Waals surface area contributed by atoms with Gasteiger partial charge in [0.05, 0.1) is 17.3 Å². The van der Waals surface area contributed by atoms with E-state index in [4.69, 9.17) is 13.6 Å². The summed E-state index contributed by atoms with van der Waals surface area (Å²) in [6, 6.07) is 21.1. The number of hydrogen-bond acceptors (Lipinski definition) is 4. The normalized spacial score (nSPS) is 13.8. The molecule has 0 bridgehead atoms. The summed E-state index contributed by atoms with van der Waals surface area (Å²) in [4.78, 5) is 0. The first-order valence-corrected chi connectivity index (χ1v) is 17.6. The zero-order valence-corrected chi connectivity index (χ0v) is 31.3. The summed E-state index contributed by atoms with van der Waals surface area (Å²) >= 11 is 0. The maximum atomic E-state index is 10.5. The largest absolute Gasteiger partial charge is 0.489 e. The zero-order chi connectivity index (χ0) is 33.1. The summed E-state index contributed by atoms with van der Waals surface area (Å²) in [6.07, 6.45) is -0.464. The molecule has 0 amide bonds. The van der Waals surface area contributed by atoms with Gasteiger partial charge in [0.15, 0.2) is 0 Å². The van der Waals surface area contributed by atoms with Crippen molar-refractivity contribution in [1.29, 1.82) is 0 Å². The van der Waals surface area contributed by atoms with Crippen molar-refractivity contribution in [2.24, 2.45) is 5.92 Å². The molecule has 0 saturated heterocycles. The van der Waals surface area contributed by atoms with Gasteiger partial charge >= 0.3 is 0 Å². The third kappa shape index (κ3) is 10.1. The zero-order valence-electron chi connectivity index (χ0n) is 29.3. The van der Waals surface area contributed by atoms with Crippen molar-refractivity contribution in [3.8, 4) is 16.9 Å². The van der Waals surface area contributed by atoms with Crippen LogP contribution >= 0.6 is 0 Å². The summed E-state index contributed by atoms with van der Waals surface area (Å²) in [6.45, 7) is 28.5. The van der Waals surface area contributed by atoms with Crippen molar-refractivity contribution < 1.29 is 18.7 Å². The molecule has 238 valence electrons. The van der Waals surface area contributed by atoms with E-state index in [1.807, 2.05) is 32.0 Å². The van der Waals surface area contributed by atoms with Gasteiger partial charge in [-0.3, -0.25) is 0 Å². The lowest BCUT2D eigenvalue weighted by Crippen LogP contribution is -2.34. The van der Waals surface area contributed by atoms with Crippen LogP contribution in [-0.4, -0.2) is 24.6 Å². The Bertz CT molecular complexity index is 1400. The van der Waals surface area contributed by atoms with Crippen LogP contribution in [0.25, 0.3) is 11.1 Å². The Morgan fingerprint density at radius 2 is 1.30 bits per heavy atom. The quantitative estimate of drug-likeness (QED) is 0.202. The van der Waals surface area contributed by atoms with Crippen LogP contribution in [0.5, 0.6) is 5.75 Å². The van der Waals surface area contributed by atoms with Crippen LogP contribution in [0.4, 0.5) is 0 Å². The molecule has 0 aliphatic carbocycles. The fourth-order valence-electron chi connectivity index (χ4n) is 4.88. The predicted molar refractivity (Wildman–Crippen MR) is 186 cm³/mol. The van der Waals surface area contributed by atoms with E-state index in [2.05, 4.69) is 119 Å². The van der Waals surface area contributed by atoms with Crippen molar-refractivity contribution in [3.05, 3.63) is 88.5 Å². The van der Waals surface area contributed by atoms with Gasteiger partial charge < -0.3 is 18.7 Å². The number of rotatable bonds is 12.